The zero-order valence-electron chi connectivity index (χ0n) is 12.9. The number of aromatic nitrogens is 1. The number of hydrogen-bond acceptors (Lipinski definition) is 4. The Bertz CT molecular complexity index is 479. The third-order valence-corrected chi connectivity index (χ3v) is 3.99. The van der Waals surface area contributed by atoms with Crippen molar-refractivity contribution in [2.24, 2.45) is 5.73 Å². The highest BCUT2D eigenvalue weighted by Gasteiger charge is 2.49. The molecule has 1 aliphatic rings. The summed E-state index contributed by atoms with van der Waals surface area (Å²) in [6.45, 7) is 10.1. The van der Waals surface area contributed by atoms with Gasteiger partial charge in [0.1, 0.15) is 0 Å². The Labute approximate surface area is 121 Å². The summed E-state index contributed by atoms with van der Waals surface area (Å²) in [5.41, 5.74) is 7.05. The van der Waals surface area contributed by atoms with E-state index in [0.717, 1.165) is 11.3 Å². The fourth-order valence-corrected chi connectivity index (χ4v) is 1.94. The first-order valence-corrected chi connectivity index (χ1v) is 6.97. The van der Waals surface area contributed by atoms with E-state index in [1.165, 1.54) is 0 Å². The molecule has 0 spiro atoms. The van der Waals surface area contributed by atoms with Gasteiger partial charge in [0, 0.05) is 12.2 Å². The Morgan fingerprint density at radius 3 is 2.25 bits per heavy atom. The van der Waals surface area contributed by atoms with Crippen LogP contribution in [0, 0.1) is 0 Å². The molecular formula is C15H23BN2O2. The van der Waals surface area contributed by atoms with E-state index in [-0.39, 0.29) is 24.4 Å². The van der Waals surface area contributed by atoms with Crippen LogP contribution in [0.15, 0.2) is 24.3 Å². The standard InChI is InChI=1S/C15H23BN2O2/c1-11(17)13-7-6-12(10-18-13)8-9-16-19-14(2,3)15(4,5)20-16/h6-11H,17H2,1-5H3/b9-8+. The molecule has 0 saturated carbocycles. The Morgan fingerprint density at radius 1 is 1.20 bits per heavy atom. The summed E-state index contributed by atoms with van der Waals surface area (Å²) in [4.78, 5) is 4.32. The quantitative estimate of drug-likeness (QED) is 0.861. The maximum absolute atomic E-state index is 5.90. The van der Waals surface area contributed by atoms with Gasteiger partial charge in [0.15, 0.2) is 0 Å². The molecule has 108 valence electrons. The molecule has 1 aromatic heterocycles. The van der Waals surface area contributed by atoms with Crippen LogP contribution >= 0.6 is 0 Å². The van der Waals surface area contributed by atoms with Crippen molar-refractivity contribution >= 4 is 13.2 Å². The van der Waals surface area contributed by atoms with Crippen molar-refractivity contribution in [1.29, 1.82) is 0 Å². The van der Waals surface area contributed by atoms with Crippen LogP contribution in [0.2, 0.25) is 0 Å². The van der Waals surface area contributed by atoms with Crippen LogP contribution in [0.4, 0.5) is 0 Å². The first-order chi connectivity index (χ1) is 9.21. The third kappa shape index (κ3) is 3.11. The zero-order valence-corrected chi connectivity index (χ0v) is 12.9. The Balaban J connectivity index is 2.04. The molecule has 20 heavy (non-hydrogen) atoms. The van der Waals surface area contributed by atoms with E-state index in [1.54, 1.807) is 6.20 Å². The second-order valence-electron chi connectivity index (χ2n) is 6.29. The summed E-state index contributed by atoms with van der Waals surface area (Å²) < 4.78 is 11.8. The molecule has 0 amide bonds. The van der Waals surface area contributed by atoms with Crippen LogP contribution in [0.5, 0.6) is 0 Å². The van der Waals surface area contributed by atoms with Crippen LogP contribution < -0.4 is 5.73 Å². The highest BCUT2D eigenvalue weighted by molar-refractivity contribution is 6.52. The van der Waals surface area contributed by atoms with E-state index in [9.17, 15) is 0 Å². The van der Waals surface area contributed by atoms with Gasteiger partial charge in [0.2, 0.25) is 0 Å². The van der Waals surface area contributed by atoms with Crippen molar-refractivity contribution in [3.05, 3.63) is 35.6 Å². The molecule has 4 nitrogen and oxygen atoms in total. The molecule has 0 aromatic carbocycles. The number of hydrogen-bond donors (Lipinski definition) is 1. The lowest BCUT2D eigenvalue weighted by Crippen LogP contribution is -2.41. The largest absolute Gasteiger partial charge is 0.487 e. The summed E-state index contributed by atoms with van der Waals surface area (Å²) >= 11 is 0. The number of nitrogens with zero attached hydrogens (tertiary/aromatic N) is 1. The predicted molar refractivity (Wildman–Crippen MR) is 82.0 cm³/mol. The van der Waals surface area contributed by atoms with E-state index in [4.69, 9.17) is 15.0 Å². The second-order valence-corrected chi connectivity index (χ2v) is 6.29. The predicted octanol–water partition coefficient (Wildman–Crippen LogP) is 2.75. The summed E-state index contributed by atoms with van der Waals surface area (Å²) in [5.74, 6) is 1.92. The first kappa shape index (κ1) is 15.2. The summed E-state index contributed by atoms with van der Waals surface area (Å²) in [7, 11) is -0.326. The summed E-state index contributed by atoms with van der Waals surface area (Å²) in [6, 6.07) is 3.89. The fraction of sp³-hybridized carbons (Fsp3) is 0.533. The van der Waals surface area contributed by atoms with Gasteiger partial charge in [-0.3, -0.25) is 4.98 Å². The monoisotopic (exact) mass is 274 g/mol. The van der Waals surface area contributed by atoms with Crippen LogP contribution in [0.1, 0.15) is 51.9 Å². The first-order valence-electron chi connectivity index (χ1n) is 6.97. The molecule has 2 N–H and O–H groups in total. The van der Waals surface area contributed by atoms with E-state index in [2.05, 4.69) is 4.98 Å². The molecule has 2 rings (SSSR count). The molecule has 5 heteroatoms. The van der Waals surface area contributed by atoms with Gasteiger partial charge in [0.05, 0.1) is 16.9 Å². The lowest BCUT2D eigenvalue weighted by Gasteiger charge is -2.32. The van der Waals surface area contributed by atoms with Crippen LogP contribution in [-0.4, -0.2) is 23.3 Å². The van der Waals surface area contributed by atoms with Crippen molar-refractivity contribution in [3.8, 4) is 0 Å². The molecule has 0 radical (unpaired) electrons. The average Bonchev–Trinajstić information content (AvgIpc) is 2.56. The Kier molecular flexibility index (Phi) is 4.05. The molecule has 0 bridgehead atoms. The van der Waals surface area contributed by atoms with E-state index in [1.807, 2.05) is 58.8 Å². The highest BCUT2D eigenvalue weighted by Crippen LogP contribution is 2.36. The van der Waals surface area contributed by atoms with Gasteiger partial charge in [-0.05, 0) is 46.2 Å². The van der Waals surface area contributed by atoms with E-state index < -0.39 is 0 Å². The maximum atomic E-state index is 5.90. The molecule has 1 aromatic rings. The summed E-state index contributed by atoms with van der Waals surface area (Å²) in [6.07, 6.45) is 3.76. The van der Waals surface area contributed by atoms with Crippen molar-refractivity contribution in [1.82, 2.24) is 4.98 Å². The number of pyridine rings is 1. The Hall–Kier alpha value is -1.17. The van der Waals surface area contributed by atoms with Crippen LogP contribution in [0.25, 0.3) is 6.08 Å². The van der Waals surface area contributed by atoms with Gasteiger partial charge >= 0.3 is 7.12 Å². The van der Waals surface area contributed by atoms with Gasteiger partial charge in [-0.25, -0.2) is 0 Å². The van der Waals surface area contributed by atoms with Crippen LogP contribution in [-0.2, 0) is 9.31 Å². The van der Waals surface area contributed by atoms with Gasteiger partial charge in [0.25, 0.3) is 0 Å². The molecule has 2 heterocycles. The minimum Gasteiger partial charge on any atom is -0.400 e. The molecule has 0 aliphatic carbocycles. The average molecular weight is 274 g/mol. The van der Waals surface area contributed by atoms with Crippen LogP contribution in [0.3, 0.4) is 0 Å². The zero-order chi connectivity index (χ0) is 15.0. The van der Waals surface area contributed by atoms with Gasteiger partial charge in [-0.1, -0.05) is 18.1 Å². The minimum absolute atomic E-state index is 0.0453. The SMILES string of the molecule is CC(N)c1ccc(/C=C/B2OC(C)(C)C(C)(C)O2)cn1. The van der Waals surface area contributed by atoms with Gasteiger partial charge < -0.3 is 15.0 Å². The third-order valence-electron chi connectivity index (χ3n) is 3.99. The molecular weight excluding hydrogens is 251 g/mol. The molecule has 1 aliphatic heterocycles. The second kappa shape index (κ2) is 5.32. The normalized spacial score (nSPS) is 22.4. The van der Waals surface area contributed by atoms with Crippen molar-refractivity contribution < 1.29 is 9.31 Å². The van der Waals surface area contributed by atoms with Crippen molar-refractivity contribution in [3.63, 3.8) is 0 Å². The van der Waals surface area contributed by atoms with Crippen molar-refractivity contribution in [2.45, 2.75) is 51.9 Å². The molecule has 1 unspecified atom stereocenters. The van der Waals surface area contributed by atoms with E-state index in [0.29, 0.717) is 0 Å². The lowest BCUT2D eigenvalue weighted by atomic mass is 9.89. The minimum atomic E-state index is -0.326. The molecule has 1 atom stereocenters. The molecule has 1 saturated heterocycles. The number of rotatable bonds is 3. The van der Waals surface area contributed by atoms with E-state index >= 15 is 0 Å². The lowest BCUT2D eigenvalue weighted by molar-refractivity contribution is 0.00578. The smallest absolute Gasteiger partial charge is 0.400 e. The fourth-order valence-electron chi connectivity index (χ4n) is 1.94. The van der Waals surface area contributed by atoms with Gasteiger partial charge in [-0.2, -0.15) is 0 Å². The summed E-state index contributed by atoms with van der Waals surface area (Å²) in [5, 5.41) is 0. The van der Waals surface area contributed by atoms with Gasteiger partial charge in [-0.15, -0.1) is 0 Å². The maximum Gasteiger partial charge on any atom is 0.487 e. The van der Waals surface area contributed by atoms with Crippen molar-refractivity contribution in [2.75, 3.05) is 0 Å². The molecule has 1 fully saturated rings. The topological polar surface area (TPSA) is 57.4 Å². The number of nitrogens with two attached hydrogens (primary N) is 1. The Morgan fingerprint density at radius 2 is 1.80 bits per heavy atom. The highest BCUT2D eigenvalue weighted by atomic mass is 16.7.